The molecule has 2 aromatic carbocycles. The van der Waals surface area contributed by atoms with Crippen LogP contribution in [0.1, 0.15) is 29.5 Å². The van der Waals surface area contributed by atoms with Gasteiger partial charge in [-0.25, -0.2) is 9.48 Å². The number of hydrogen-bond acceptors (Lipinski definition) is 5. The predicted octanol–water partition coefficient (Wildman–Crippen LogP) is 3.28. The zero-order valence-corrected chi connectivity index (χ0v) is 21.3. The quantitative estimate of drug-likeness (QED) is 0.467. The highest BCUT2D eigenvalue weighted by atomic mass is 16.5. The summed E-state index contributed by atoms with van der Waals surface area (Å²) < 4.78 is 7.22. The van der Waals surface area contributed by atoms with Crippen LogP contribution in [0.3, 0.4) is 0 Å². The molecule has 8 heteroatoms. The van der Waals surface area contributed by atoms with E-state index in [4.69, 9.17) is 4.74 Å². The fourth-order valence-corrected chi connectivity index (χ4v) is 6.26. The number of piperidine rings is 1. The third kappa shape index (κ3) is 4.24. The molecule has 1 aliphatic carbocycles. The van der Waals surface area contributed by atoms with Gasteiger partial charge in [0.25, 0.3) is 5.91 Å². The molecule has 0 N–H and O–H groups in total. The van der Waals surface area contributed by atoms with Crippen LogP contribution in [0.25, 0.3) is 5.69 Å². The van der Waals surface area contributed by atoms with Crippen molar-refractivity contribution in [1.29, 1.82) is 0 Å². The molecule has 0 bridgehead atoms. The molecule has 3 aromatic rings. The number of urea groups is 1. The molecule has 0 unspecified atom stereocenters. The zero-order chi connectivity index (χ0) is 25.4. The molecule has 6 rings (SSSR count). The van der Waals surface area contributed by atoms with Gasteiger partial charge < -0.3 is 9.64 Å². The van der Waals surface area contributed by atoms with Crippen molar-refractivity contribution in [2.75, 3.05) is 33.4 Å². The van der Waals surface area contributed by atoms with Gasteiger partial charge in [-0.2, -0.15) is 5.10 Å². The minimum atomic E-state index is -0.783. The fourth-order valence-electron chi connectivity index (χ4n) is 6.26. The lowest BCUT2D eigenvalue weighted by Gasteiger charge is -2.42. The molecule has 0 atom stereocenters. The number of benzene rings is 2. The Hall–Kier alpha value is -3.49. The van der Waals surface area contributed by atoms with Gasteiger partial charge in [0, 0.05) is 51.1 Å². The van der Waals surface area contributed by atoms with Gasteiger partial charge >= 0.3 is 6.03 Å². The van der Waals surface area contributed by atoms with Crippen LogP contribution >= 0.6 is 0 Å². The van der Waals surface area contributed by atoms with E-state index >= 15 is 0 Å². The number of para-hydroxylation sites is 1. The van der Waals surface area contributed by atoms with Crippen LogP contribution in [-0.2, 0) is 28.9 Å². The Morgan fingerprint density at radius 3 is 2.32 bits per heavy atom. The lowest BCUT2D eigenvalue weighted by Crippen LogP contribution is -2.57. The Kier molecular flexibility index (Phi) is 6.30. The Morgan fingerprint density at radius 1 is 0.973 bits per heavy atom. The van der Waals surface area contributed by atoms with E-state index in [1.807, 2.05) is 58.2 Å². The van der Waals surface area contributed by atoms with Gasteiger partial charge in [0.2, 0.25) is 0 Å². The third-order valence-electron chi connectivity index (χ3n) is 8.23. The average molecular weight is 500 g/mol. The number of aromatic nitrogens is 2. The Bertz CT molecular complexity index is 1260. The number of ether oxygens (including phenoxy) is 1. The molecular formula is C29H33N5O3. The second-order valence-corrected chi connectivity index (χ2v) is 10.4. The number of fused-ring (bicyclic) bond motifs is 1. The number of methoxy groups -OCH3 is 1. The maximum absolute atomic E-state index is 14.0. The minimum absolute atomic E-state index is 0.0250. The van der Waals surface area contributed by atoms with Gasteiger partial charge in [0.05, 0.1) is 18.5 Å². The van der Waals surface area contributed by atoms with Gasteiger partial charge in [-0.1, -0.05) is 42.5 Å². The maximum Gasteiger partial charge on any atom is 0.328 e. The second kappa shape index (κ2) is 9.76. The van der Waals surface area contributed by atoms with E-state index in [-0.39, 0.29) is 18.0 Å². The van der Waals surface area contributed by atoms with Crippen molar-refractivity contribution >= 4 is 11.9 Å². The molecule has 1 aromatic heterocycles. The van der Waals surface area contributed by atoms with E-state index < -0.39 is 5.54 Å². The molecule has 0 radical (unpaired) electrons. The Balaban J connectivity index is 1.17. The molecule has 37 heavy (non-hydrogen) atoms. The molecule has 1 spiro atoms. The maximum atomic E-state index is 14.0. The predicted molar refractivity (Wildman–Crippen MR) is 139 cm³/mol. The van der Waals surface area contributed by atoms with E-state index in [2.05, 4.69) is 28.3 Å². The number of imide groups is 1. The molecule has 192 valence electrons. The number of rotatable bonds is 7. The molecule has 3 heterocycles. The van der Waals surface area contributed by atoms with Gasteiger partial charge in [0.1, 0.15) is 5.54 Å². The van der Waals surface area contributed by atoms with Crippen LogP contribution < -0.4 is 0 Å². The molecule has 2 saturated heterocycles. The van der Waals surface area contributed by atoms with E-state index in [1.165, 1.54) is 11.1 Å². The number of hydrogen-bond donors (Lipinski definition) is 0. The summed E-state index contributed by atoms with van der Waals surface area (Å²) in [5.41, 5.74) is 3.86. The van der Waals surface area contributed by atoms with Crippen molar-refractivity contribution in [1.82, 2.24) is 24.5 Å². The van der Waals surface area contributed by atoms with E-state index in [9.17, 15) is 9.59 Å². The van der Waals surface area contributed by atoms with Crippen LogP contribution in [0.15, 0.2) is 67.0 Å². The van der Waals surface area contributed by atoms with Crippen molar-refractivity contribution in [3.8, 4) is 5.69 Å². The SMILES string of the molecule is COCCN1C(=O)N(C2Cc3ccccc3C2)C(=O)C12CCN(Cc1cnn(-c3ccccc3)c1)CC2. The van der Waals surface area contributed by atoms with Crippen molar-refractivity contribution < 1.29 is 14.3 Å². The smallest absolute Gasteiger partial charge is 0.328 e. The van der Waals surface area contributed by atoms with Gasteiger partial charge in [-0.15, -0.1) is 0 Å². The average Bonchev–Trinajstić information content (AvgIpc) is 3.61. The third-order valence-corrected chi connectivity index (χ3v) is 8.23. The first-order valence-electron chi connectivity index (χ1n) is 13.1. The highest BCUT2D eigenvalue weighted by Crippen LogP contribution is 2.40. The van der Waals surface area contributed by atoms with Crippen LogP contribution in [0.4, 0.5) is 4.79 Å². The normalized spacial score (nSPS) is 19.8. The summed E-state index contributed by atoms with van der Waals surface area (Å²) in [7, 11) is 1.64. The lowest BCUT2D eigenvalue weighted by atomic mass is 9.85. The highest BCUT2D eigenvalue weighted by Gasteiger charge is 2.59. The first-order chi connectivity index (χ1) is 18.1. The van der Waals surface area contributed by atoms with Crippen LogP contribution in [0.5, 0.6) is 0 Å². The summed E-state index contributed by atoms with van der Waals surface area (Å²) in [6.45, 7) is 3.11. The first kappa shape index (κ1) is 23.9. The largest absolute Gasteiger partial charge is 0.383 e. The Labute approximate surface area is 217 Å². The van der Waals surface area contributed by atoms with E-state index in [0.29, 0.717) is 26.0 Å². The van der Waals surface area contributed by atoms with Gasteiger partial charge in [-0.3, -0.25) is 14.6 Å². The molecular weight excluding hydrogens is 466 g/mol. The van der Waals surface area contributed by atoms with E-state index in [1.54, 1.807) is 12.0 Å². The number of carbonyl (C=O) groups is 2. The van der Waals surface area contributed by atoms with Crippen molar-refractivity contribution in [2.45, 2.75) is 43.8 Å². The summed E-state index contributed by atoms with van der Waals surface area (Å²) in [6.07, 6.45) is 6.70. The zero-order valence-electron chi connectivity index (χ0n) is 21.3. The summed E-state index contributed by atoms with van der Waals surface area (Å²) in [5.74, 6) is -0.0250. The fraction of sp³-hybridized carbons (Fsp3) is 0.414. The molecule has 2 aliphatic heterocycles. The monoisotopic (exact) mass is 499 g/mol. The topological polar surface area (TPSA) is 70.9 Å². The van der Waals surface area contributed by atoms with Crippen LogP contribution in [0.2, 0.25) is 0 Å². The van der Waals surface area contributed by atoms with Crippen molar-refractivity contribution in [3.05, 3.63) is 83.7 Å². The molecule has 2 fully saturated rings. The lowest BCUT2D eigenvalue weighted by molar-refractivity contribution is -0.137. The molecule has 8 nitrogen and oxygen atoms in total. The molecule has 0 saturated carbocycles. The summed E-state index contributed by atoms with van der Waals surface area (Å²) in [4.78, 5) is 33.5. The summed E-state index contributed by atoms with van der Waals surface area (Å²) in [5, 5.41) is 4.52. The van der Waals surface area contributed by atoms with Crippen LogP contribution in [0, 0.1) is 0 Å². The first-order valence-corrected chi connectivity index (χ1v) is 13.1. The standard InChI is InChI=1S/C29H33N5O3/c1-37-16-15-32-28(36)34(26-17-23-7-5-6-8-24(23)18-26)27(35)29(32)11-13-31(14-12-29)20-22-19-30-33(21-22)25-9-3-2-4-10-25/h2-10,19,21,26H,11-18,20H2,1H3. The number of nitrogens with zero attached hydrogens (tertiary/aromatic N) is 5. The molecule has 3 aliphatic rings. The Morgan fingerprint density at radius 2 is 1.65 bits per heavy atom. The van der Waals surface area contributed by atoms with Crippen molar-refractivity contribution in [2.24, 2.45) is 0 Å². The van der Waals surface area contributed by atoms with Crippen molar-refractivity contribution in [3.63, 3.8) is 0 Å². The van der Waals surface area contributed by atoms with Gasteiger partial charge in [-0.05, 0) is 48.9 Å². The number of amides is 3. The van der Waals surface area contributed by atoms with E-state index in [0.717, 1.165) is 43.7 Å². The van der Waals surface area contributed by atoms with Gasteiger partial charge in [0.15, 0.2) is 0 Å². The summed E-state index contributed by atoms with van der Waals surface area (Å²) in [6, 6.07) is 18.1. The van der Waals surface area contributed by atoms with Crippen LogP contribution in [-0.4, -0.2) is 81.4 Å². The minimum Gasteiger partial charge on any atom is -0.383 e. The number of likely N-dealkylation sites (tertiary alicyclic amines) is 1. The molecule has 3 amide bonds. The second-order valence-electron chi connectivity index (χ2n) is 10.4. The summed E-state index contributed by atoms with van der Waals surface area (Å²) >= 11 is 0. The highest BCUT2D eigenvalue weighted by molar-refractivity contribution is 6.07. The number of carbonyl (C=O) groups excluding carboxylic acids is 2.